The summed E-state index contributed by atoms with van der Waals surface area (Å²) in [6.07, 6.45) is 2.34. The number of halogens is 1. The monoisotopic (exact) mass is 293 g/mol. The number of carbonyl (C=O) groups excluding carboxylic acids is 2. The maximum absolute atomic E-state index is 11.8. The van der Waals surface area contributed by atoms with Crippen LogP contribution >= 0.6 is 11.6 Å². The summed E-state index contributed by atoms with van der Waals surface area (Å²) in [5.74, 6) is 0.713. The fourth-order valence-electron chi connectivity index (χ4n) is 3.31. The van der Waals surface area contributed by atoms with Crippen LogP contribution in [-0.4, -0.2) is 23.8 Å². The summed E-state index contributed by atoms with van der Waals surface area (Å²) in [5.41, 5.74) is -0.281. The number of ketones is 1. The molecule has 106 valence electrons. The van der Waals surface area contributed by atoms with Crippen molar-refractivity contribution in [2.75, 3.05) is 6.61 Å². The molecule has 0 unspecified atom stereocenters. The lowest BCUT2D eigenvalue weighted by atomic mass is 9.38. The second-order valence-electron chi connectivity index (χ2n) is 5.94. The van der Waals surface area contributed by atoms with Gasteiger partial charge >= 0.3 is 0 Å². The first kappa shape index (κ1) is 13.4. The summed E-state index contributed by atoms with van der Waals surface area (Å²) >= 11 is 5.77. The average molecular weight is 294 g/mol. The maximum Gasteiger partial charge on any atom is 0.258 e. The normalized spacial score (nSPS) is 29.9. The van der Waals surface area contributed by atoms with Crippen LogP contribution in [0.3, 0.4) is 0 Å². The molecule has 0 atom stereocenters. The van der Waals surface area contributed by atoms with Crippen LogP contribution in [-0.2, 0) is 9.59 Å². The number of rotatable bonds is 5. The maximum atomic E-state index is 11.8. The highest BCUT2D eigenvalue weighted by atomic mass is 35.5. The standard InChI is InChI=1S/C15H16ClNO3/c1-10(18)14-7-15(8-14,9-14)17-13(19)6-20-12-4-2-11(16)3-5-12/h2-5H,6-9H2,1H3,(H,17,19). The van der Waals surface area contributed by atoms with Crippen molar-refractivity contribution in [2.24, 2.45) is 5.41 Å². The highest BCUT2D eigenvalue weighted by Crippen LogP contribution is 2.67. The zero-order valence-electron chi connectivity index (χ0n) is 11.2. The van der Waals surface area contributed by atoms with Gasteiger partial charge in [-0.25, -0.2) is 0 Å². The molecule has 1 aromatic rings. The summed E-state index contributed by atoms with van der Waals surface area (Å²) in [7, 11) is 0. The Kier molecular flexibility index (Phi) is 3.01. The van der Waals surface area contributed by atoms with Gasteiger partial charge in [-0.15, -0.1) is 0 Å². The van der Waals surface area contributed by atoms with Gasteiger partial charge in [0.25, 0.3) is 5.91 Å². The second-order valence-corrected chi connectivity index (χ2v) is 6.37. The fourth-order valence-corrected chi connectivity index (χ4v) is 3.43. The minimum absolute atomic E-state index is 0.0174. The van der Waals surface area contributed by atoms with Gasteiger partial charge in [-0.3, -0.25) is 9.59 Å². The number of Topliss-reactive ketones (excluding diaryl/α,β-unsaturated/α-hetero) is 1. The number of ether oxygens (including phenoxy) is 1. The molecule has 0 aliphatic heterocycles. The Balaban J connectivity index is 1.45. The first-order valence-corrected chi connectivity index (χ1v) is 7.01. The van der Waals surface area contributed by atoms with Gasteiger partial charge in [-0.1, -0.05) is 11.6 Å². The van der Waals surface area contributed by atoms with Crippen molar-refractivity contribution in [2.45, 2.75) is 31.7 Å². The van der Waals surface area contributed by atoms with Gasteiger partial charge < -0.3 is 10.1 Å². The molecular formula is C15H16ClNO3. The van der Waals surface area contributed by atoms with E-state index in [9.17, 15) is 9.59 Å². The lowest BCUT2D eigenvalue weighted by Gasteiger charge is -2.69. The Morgan fingerprint density at radius 3 is 2.40 bits per heavy atom. The van der Waals surface area contributed by atoms with E-state index >= 15 is 0 Å². The molecule has 4 nitrogen and oxygen atoms in total. The molecule has 3 aliphatic carbocycles. The molecule has 1 amide bonds. The van der Waals surface area contributed by atoms with Gasteiger partial charge in [-0.2, -0.15) is 0 Å². The molecule has 0 aromatic heterocycles. The first-order valence-electron chi connectivity index (χ1n) is 6.64. The number of nitrogens with one attached hydrogen (secondary N) is 1. The second kappa shape index (κ2) is 4.48. The van der Waals surface area contributed by atoms with Crippen LogP contribution < -0.4 is 10.1 Å². The SMILES string of the molecule is CC(=O)C12CC(NC(=O)COc3ccc(Cl)cc3)(C1)C2. The topological polar surface area (TPSA) is 55.4 Å². The zero-order valence-corrected chi connectivity index (χ0v) is 12.0. The molecule has 1 aromatic carbocycles. The van der Waals surface area contributed by atoms with Crippen molar-refractivity contribution in [1.82, 2.24) is 5.32 Å². The van der Waals surface area contributed by atoms with E-state index in [0.29, 0.717) is 10.8 Å². The van der Waals surface area contributed by atoms with E-state index in [2.05, 4.69) is 5.32 Å². The van der Waals surface area contributed by atoms with Crippen molar-refractivity contribution in [3.8, 4) is 5.75 Å². The molecule has 1 N–H and O–H groups in total. The van der Waals surface area contributed by atoms with Crippen LogP contribution in [0, 0.1) is 5.41 Å². The first-order chi connectivity index (χ1) is 9.43. The highest BCUT2D eigenvalue weighted by molar-refractivity contribution is 6.30. The van der Waals surface area contributed by atoms with Crippen molar-refractivity contribution in [3.63, 3.8) is 0 Å². The third kappa shape index (κ3) is 2.18. The lowest BCUT2D eigenvalue weighted by Crippen LogP contribution is -2.77. The molecule has 3 saturated carbocycles. The summed E-state index contributed by atoms with van der Waals surface area (Å²) in [4.78, 5) is 23.2. The van der Waals surface area contributed by atoms with Crippen molar-refractivity contribution in [3.05, 3.63) is 29.3 Å². The summed E-state index contributed by atoms with van der Waals surface area (Å²) in [6.45, 7) is 1.62. The van der Waals surface area contributed by atoms with Crippen LogP contribution in [0.5, 0.6) is 5.75 Å². The number of hydrogen-bond acceptors (Lipinski definition) is 3. The molecule has 2 bridgehead atoms. The predicted octanol–water partition coefficient (Wildman–Crippen LogP) is 2.35. The average Bonchev–Trinajstić information content (AvgIpc) is 2.30. The van der Waals surface area contributed by atoms with E-state index in [1.807, 2.05) is 0 Å². The van der Waals surface area contributed by atoms with E-state index in [4.69, 9.17) is 16.3 Å². The van der Waals surface area contributed by atoms with Crippen LogP contribution in [0.15, 0.2) is 24.3 Å². The van der Waals surface area contributed by atoms with Gasteiger partial charge in [-0.05, 0) is 50.5 Å². The van der Waals surface area contributed by atoms with Gasteiger partial charge in [0, 0.05) is 16.0 Å². The van der Waals surface area contributed by atoms with Crippen LogP contribution in [0.1, 0.15) is 26.2 Å². The molecule has 0 spiro atoms. The molecular weight excluding hydrogens is 278 g/mol. The molecule has 4 rings (SSSR count). The van der Waals surface area contributed by atoms with Gasteiger partial charge in [0.05, 0.1) is 0 Å². The number of hydrogen-bond donors (Lipinski definition) is 1. The van der Waals surface area contributed by atoms with Crippen molar-refractivity contribution < 1.29 is 14.3 Å². The lowest BCUT2D eigenvalue weighted by molar-refractivity contribution is -0.179. The molecule has 3 aliphatic rings. The molecule has 5 heteroatoms. The summed E-state index contributed by atoms with van der Waals surface area (Å²) in [5, 5.41) is 3.61. The number of carbonyl (C=O) groups is 2. The quantitative estimate of drug-likeness (QED) is 0.906. The molecule has 0 heterocycles. The minimum atomic E-state index is -0.147. The Morgan fingerprint density at radius 2 is 1.85 bits per heavy atom. The third-order valence-corrected chi connectivity index (χ3v) is 4.62. The van der Waals surface area contributed by atoms with Gasteiger partial charge in [0.1, 0.15) is 11.5 Å². The Bertz CT molecular complexity index is 547. The van der Waals surface area contributed by atoms with Crippen LogP contribution in [0.4, 0.5) is 0 Å². The molecule has 3 fully saturated rings. The van der Waals surface area contributed by atoms with E-state index in [1.165, 1.54) is 0 Å². The molecule has 0 radical (unpaired) electrons. The van der Waals surface area contributed by atoms with Crippen molar-refractivity contribution in [1.29, 1.82) is 0 Å². The fraction of sp³-hybridized carbons (Fsp3) is 0.467. The van der Waals surface area contributed by atoms with Gasteiger partial charge in [0.2, 0.25) is 0 Å². The zero-order chi connectivity index (χ0) is 14.4. The predicted molar refractivity (Wildman–Crippen MR) is 74.8 cm³/mol. The Labute approximate surface area is 122 Å². The Hall–Kier alpha value is -1.55. The van der Waals surface area contributed by atoms with Crippen LogP contribution in [0.25, 0.3) is 0 Å². The van der Waals surface area contributed by atoms with E-state index in [1.54, 1.807) is 31.2 Å². The Morgan fingerprint density at radius 1 is 1.25 bits per heavy atom. The van der Waals surface area contributed by atoms with Gasteiger partial charge in [0.15, 0.2) is 6.61 Å². The highest BCUT2D eigenvalue weighted by Gasteiger charge is 2.70. The van der Waals surface area contributed by atoms with Crippen molar-refractivity contribution >= 4 is 23.3 Å². The van der Waals surface area contributed by atoms with E-state index in [-0.39, 0.29) is 29.3 Å². The van der Waals surface area contributed by atoms with E-state index in [0.717, 1.165) is 19.3 Å². The smallest absolute Gasteiger partial charge is 0.258 e. The largest absolute Gasteiger partial charge is 0.484 e. The van der Waals surface area contributed by atoms with Crippen LogP contribution in [0.2, 0.25) is 5.02 Å². The molecule has 0 saturated heterocycles. The summed E-state index contributed by atoms with van der Waals surface area (Å²) < 4.78 is 5.39. The third-order valence-electron chi connectivity index (χ3n) is 4.37. The minimum Gasteiger partial charge on any atom is -0.484 e. The summed E-state index contributed by atoms with van der Waals surface area (Å²) in [6, 6.07) is 6.88. The number of benzene rings is 1. The van der Waals surface area contributed by atoms with E-state index < -0.39 is 0 Å². The molecule has 20 heavy (non-hydrogen) atoms. The number of amides is 1.